The van der Waals surface area contributed by atoms with Crippen LogP contribution in [0.3, 0.4) is 0 Å². The second kappa shape index (κ2) is 5.18. The van der Waals surface area contributed by atoms with E-state index >= 15 is 0 Å². The van der Waals surface area contributed by atoms with Crippen LogP contribution in [-0.4, -0.2) is 26.6 Å². The minimum Gasteiger partial charge on any atom is -0.372 e. The first-order chi connectivity index (χ1) is 7.79. The highest BCUT2D eigenvalue weighted by molar-refractivity contribution is 7.09. The van der Waals surface area contributed by atoms with Crippen molar-refractivity contribution in [3.05, 3.63) is 28.5 Å². The summed E-state index contributed by atoms with van der Waals surface area (Å²) in [5, 5.41) is 10.7. The first-order valence-corrected chi connectivity index (χ1v) is 6.07. The molecule has 0 radical (unpaired) electrons. The molecule has 5 nitrogen and oxygen atoms in total. The van der Waals surface area contributed by atoms with Gasteiger partial charge in [0.25, 0.3) is 0 Å². The number of aromatic nitrogens is 4. The zero-order valence-electron chi connectivity index (χ0n) is 9.33. The van der Waals surface area contributed by atoms with Crippen molar-refractivity contribution in [1.29, 1.82) is 0 Å². The second-order valence-corrected chi connectivity index (χ2v) is 4.26. The Morgan fingerprint density at radius 1 is 1.56 bits per heavy atom. The van der Waals surface area contributed by atoms with Crippen LogP contribution in [0.2, 0.25) is 0 Å². The lowest BCUT2D eigenvalue weighted by Crippen LogP contribution is -2.03. The Balaban J connectivity index is 2.02. The van der Waals surface area contributed by atoms with Crippen LogP contribution < -0.4 is 0 Å². The lowest BCUT2D eigenvalue weighted by Gasteiger charge is -2.06. The fraction of sp³-hybridized carbons (Fsp3) is 0.500. The van der Waals surface area contributed by atoms with E-state index in [0.29, 0.717) is 13.2 Å². The predicted octanol–water partition coefficient (Wildman–Crippen LogP) is 1.88. The van der Waals surface area contributed by atoms with E-state index in [0.717, 1.165) is 10.7 Å². The Kier molecular flexibility index (Phi) is 3.63. The van der Waals surface area contributed by atoms with Gasteiger partial charge in [0.1, 0.15) is 11.1 Å². The van der Waals surface area contributed by atoms with Crippen molar-refractivity contribution >= 4 is 11.3 Å². The molecule has 2 heterocycles. The molecule has 0 aliphatic heterocycles. The summed E-state index contributed by atoms with van der Waals surface area (Å²) in [5.74, 6) is 0. The Bertz CT molecular complexity index is 426. The van der Waals surface area contributed by atoms with E-state index < -0.39 is 0 Å². The van der Waals surface area contributed by atoms with Gasteiger partial charge in [-0.2, -0.15) is 0 Å². The van der Waals surface area contributed by atoms with E-state index in [2.05, 4.69) is 15.3 Å². The zero-order chi connectivity index (χ0) is 11.4. The van der Waals surface area contributed by atoms with Crippen molar-refractivity contribution in [1.82, 2.24) is 20.0 Å². The molecule has 0 aliphatic rings. The molecule has 0 fully saturated rings. The maximum Gasteiger partial charge on any atom is 0.122 e. The summed E-state index contributed by atoms with van der Waals surface area (Å²) in [5.41, 5.74) is 0.997. The molecule has 1 atom stereocenters. The molecule has 0 amide bonds. The maximum absolute atomic E-state index is 5.49. The van der Waals surface area contributed by atoms with Gasteiger partial charge in [-0.15, -0.1) is 16.4 Å². The summed E-state index contributed by atoms with van der Waals surface area (Å²) in [6, 6.07) is 0. The highest BCUT2D eigenvalue weighted by Gasteiger charge is 2.10. The normalized spacial score (nSPS) is 12.9. The van der Waals surface area contributed by atoms with E-state index in [1.54, 1.807) is 22.2 Å². The predicted molar refractivity (Wildman–Crippen MR) is 61.3 cm³/mol. The lowest BCUT2D eigenvalue weighted by molar-refractivity contribution is 0.0761. The minimum atomic E-state index is 0.0690. The fourth-order valence-electron chi connectivity index (χ4n) is 1.39. The molecular weight excluding hydrogens is 224 g/mol. The molecule has 0 spiro atoms. The van der Waals surface area contributed by atoms with Crippen LogP contribution in [0.15, 0.2) is 17.8 Å². The summed E-state index contributed by atoms with van der Waals surface area (Å²) < 4.78 is 7.24. The first-order valence-electron chi connectivity index (χ1n) is 5.19. The summed E-state index contributed by atoms with van der Waals surface area (Å²) >= 11 is 1.62. The first kappa shape index (κ1) is 11.2. The highest BCUT2D eigenvalue weighted by Crippen LogP contribution is 2.21. The van der Waals surface area contributed by atoms with Gasteiger partial charge in [-0.25, -0.2) is 9.67 Å². The number of thiazole rings is 1. The number of hydrogen-bond acceptors (Lipinski definition) is 5. The number of nitrogens with zero attached hydrogens (tertiary/aromatic N) is 4. The van der Waals surface area contributed by atoms with E-state index in [4.69, 9.17) is 4.74 Å². The van der Waals surface area contributed by atoms with Gasteiger partial charge in [0.15, 0.2) is 0 Å². The van der Waals surface area contributed by atoms with Gasteiger partial charge < -0.3 is 4.74 Å². The molecule has 0 bridgehead atoms. The molecule has 2 rings (SSSR count). The smallest absolute Gasteiger partial charge is 0.122 e. The molecule has 0 unspecified atom stereocenters. The highest BCUT2D eigenvalue weighted by atomic mass is 32.1. The quantitative estimate of drug-likeness (QED) is 0.798. The Labute approximate surface area is 98.1 Å². The van der Waals surface area contributed by atoms with Gasteiger partial charge in [-0.1, -0.05) is 5.21 Å². The monoisotopic (exact) mass is 238 g/mol. The van der Waals surface area contributed by atoms with Crippen molar-refractivity contribution in [2.45, 2.75) is 26.5 Å². The average Bonchev–Trinajstić information content (AvgIpc) is 2.90. The van der Waals surface area contributed by atoms with Gasteiger partial charge in [-0.05, 0) is 13.8 Å². The van der Waals surface area contributed by atoms with E-state index in [1.165, 1.54) is 0 Å². The van der Waals surface area contributed by atoms with Crippen LogP contribution in [-0.2, 0) is 11.3 Å². The number of hydrogen-bond donors (Lipinski definition) is 0. The average molecular weight is 238 g/mol. The van der Waals surface area contributed by atoms with Crippen molar-refractivity contribution < 1.29 is 4.74 Å². The van der Waals surface area contributed by atoms with Gasteiger partial charge in [0.05, 0.1) is 18.4 Å². The summed E-state index contributed by atoms with van der Waals surface area (Å²) in [7, 11) is 0. The van der Waals surface area contributed by atoms with Crippen LogP contribution in [0.5, 0.6) is 0 Å². The van der Waals surface area contributed by atoms with Gasteiger partial charge in [0, 0.05) is 18.2 Å². The molecule has 0 N–H and O–H groups in total. The van der Waals surface area contributed by atoms with Crippen molar-refractivity contribution in [3.63, 3.8) is 0 Å². The standard InChI is InChI=1S/C10H14N4OS/c1-3-15-8(2)10-12-9(7-16-10)6-14-5-4-11-13-14/h4-5,7-8H,3,6H2,1-2H3/t8-/m1/s1. The second-order valence-electron chi connectivity index (χ2n) is 3.38. The van der Waals surface area contributed by atoms with E-state index in [1.807, 2.05) is 25.4 Å². The molecule has 0 aliphatic carbocycles. The third kappa shape index (κ3) is 2.65. The topological polar surface area (TPSA) is 52.8 Å². The SMILES string of the molecule is CCO[C@H](C)c1nc(Cn2ccnn2)cs1. The Morgan fingerprint density at radius 3 is 3.12 bits per heavy atom. The van der Waals surface area contributed by atoms with E-state index in [-0.39, 0.29) is 6.10 Å². The fourth-order valence-corrected chi connectivity index (χ4v) is 2.20. The van der Waals surface area contributed by atoms with Gasteiger partial charge >= 0.3 is 0 Å². The maximum atomic E-state index is 5.49. The Hall–Kier alpha value is -1.27. The van der Waals surface area contributed by atoms with Crippen LogP contribution in [0, 0.1) is 0 Å². The van der Waals surface area contributed by atoms with E-state index in [9.17, 15) is 0 Å². The summed E-state index contributed by atoms with van der Waals surface area (Å²) in [4.78, 5) is 4.51. The lowest BCUT2D eigenvalue weighted by atomic mass is 10.4. The van der Waals surface area contributed by atoms with Crippen LogP contribution in [0.1, 0.15) is 30.7 Å². The van der Waals surface area contributed by atoms with Crippen molar-refractivity contribution in [2.24, 2.45) is 0 Å². The summed E-state index contributed by atoms with van der Waals surface area (Å²) in [6.45, 7) is 5.37. The number of ether oxygens (including phenoxy) is 1. The molecule has 6 heteroatoms. The number of rotatable bonds is 5. The third-order valence-corrected chi connectivity index (χ3v) is 3.18. The van der Waals surface area contributed by atoms with Crippen LogP contribution in [0.25, 0.3) is 0 Å². The molecule has 0 saturated heterocycles. The molecule has 0 saturated carbocycles. The minimum absolute atomic E-state index is 0.0690. The third-order valence-electron chi connectivity index (χ3n) is 2.13. The Morgan fingerprint density at radius 2 is 2.44 bits per heavy atom. The molecule has 2 aromatic heterocycles. The van der Waals surface area contributed by atoms with Crippen LogP contribution in [0.4, 0.5) is 0 Å². The van der Waals surface area contributed by atoms with Crippen molar-refractivity contribution in [2.75, 3.05) is 6.61 Å². The molecule has 2 aromatic rings. The van der Waals surface area contributed by atoms with Gasteiger partial charge in [0.2, 0.25) is 0 Å². The van der Waals surface area contributed by atoms with Gasteiger partial charge in [-0.3, -0.25) is 0 Å². The molecular formula is C10H14N4OS. The molecule has 0 aromatic carbocycles. The molecule has 86 valence electrons. The largest absolute Gasteiger partial charge is 0.372 e. The van der Waals surface area contributed by atoms with Crippen LogP contribution >= 0.6 is 11.3 Å². The zero-order valence-corrected chi connectivity index (χ0v) is 10.1. The molecule has 16 heavy (non-hydrogen) atoms. The summed E-state index contributed by atoms with van der Waals surface area (Å²) in [6.07, 6.45) is 3.56. The van der Waals surface area contributed by atoms with Crippen molar-refractivity contribution in [3.8, 4) is 0 Å².